The molecule has 0 saturated heterocycles. The van der Waals surface area contributed by atoms with Crippen LogP contribution in [0.1, 0.15) is 48.0 Å². The maximum absolute atomic E-state index is 10.5. The molecule has 2 nitrogen and oxygen atoms in total. The van der Waals surface area contributed by atoms with E-state index in [2.05, 4.69) is 0 Å². The number of hydrogen-bond donors (Lipinski definition) is 0. The molecular weight excluding hydrogens is 709 g/mol. The summed E-state index contributed by atoms with van der Waals surface area (Å²) in [5, 5.41) is -2.30. The van der Waals surface area contributed by atoms with Gasteiger partial charge in [0.05, 0.1) is 64.7 Å². The van der Waals surface area contributed by atoms with E-state index in [4.69, 9.17) is 28.8 Å². The van der Waals surface area contributed by atoms with Gasteiger partial charge in [0.15, 0.2) is 0 Å². The van der Waals surface area contributed by atoms with Gasteiger partial charge in [-0.3, -0.25) is 0 Å². The van der Waals surface area contributed by atoms with Crippen molar-refractivity contribution in [2.45, 2.75) is 0 Å². The molecular formula is C54H36N2S. The Hall–Kier alpha value is -7.20. The molecule has 57 heavy (non-hydrogen) atoms. The van der Waals surface area contributed by atoms with Crippen LogP contribution in [0.3, 0.4) is 0 Å². The lowest BCUT2D eigenvalue weighted by molar-refractivity contribution is 1.18. The molecule has 0 aliphatic carbocycles. The third-order valence-corrected chi connectivity index (χ3v) is 9.78. The normalized spacial score (nSPS) is 20.1. The molecule has 3 heteroatoms. The molecule has 0 fully saturated rings. The van der Waals surface area contributed by atoms with Crippen molar-refractivity contribution in [1.29, 1.82) is 0 Å². The van der Waals surface area contributed by atoms with E-state index in [0.29, 0.717) is 26.9 Å². The van der Waals surface area contributed by atoms with Gasteiger partial charge in [-0.05, 0) is 88.7 Å². The highest BCUT2D eigenvalue weighted by Gasteiger charge is 2.22. The molecule has 0 N–H and O–H groups in total. The number of para-hydroxylation sites is 3. The minimum absolute atomic E-state index is 0.368. The van der Waals surface area contributed by atoms with Crippen LogP contribution < -0.4 is 4.90 Å². The fourth-order valence-corrected chi connectivity index (χ4v) is 7.33. The van der Waals surface area contributed by atoms with Crippen LogP contribution in [0.5, 0.6) is 0 Å². The molecule has 0 aliphatic heterocycles. The van der Waals surface area contributed by atoms with E-state index in [-0.39, 0.29) is 0 Å². The Balaban J connectivity index is 1.42. The van der Waals surface area contributed by atoms with E-state index >= 15 is 0 Å². The molecule has 11 rings (SSSR count). The van der Waals surface area contributed by atoms with Gasteiger partial charge in [-0.1, -0.05) is 151 Å². The van der Waals surface area contributed by atoms with Crippen molar-refractivity contribution >= 4 is 70.4 Å². The third-order valence-electron chi connectivity index (χ3n) is 8.66. The average molecular weight is 780 g/mol. The molecule has 2 aromatic heterocycles. The van der Waals surface area contributed by atoms with Crippen LogP contribution in [0.4, 0.5) is 17.1 Å². The zero-order valence-electron chi connectivity index (χ0n) is 63.4. The van der Waals surface area contributed by atoms with E-state index in [1.807, 2.05) is 0 Å². The van der Waals surface area contributed by atoms with E-state index in [0.717, 1.165) is 0 Å². The Bertz CT molecular complexity index is 5110. The average Bonchev–Trinajstić information content (AvgIpc) is 1.41. The Morgan fingerprint density at radius 3 is 1.68 bits per heavy atom. The largest absolute Gasteiger partial charge is 0.310 e. The molecule has 0 amide bonds. The van der Waals surface area contributed by atoms with E-state index in [1.165, 1.54) is 0 Å². The topological polar surface area (TPSA) is 8.17 Å². The molecule has 0 radical (unpaired) electrons. The van der Waals surface area contributed by atoms with Crippen molar-refractivity contribution in [3.8, 4) is 39.1 Å². The minimum atomic E-state index is -1.38. The highest BCUT2D eigenvalue weighted by atomic mass is 32.1. The molecule has 0 spiro atoms. The van der Waals surface area contributed by atoms with Gasteiger partial charge in [0.2, 0.25) is 0 Å². The first-order valence-corrected chi connectivity index (χ1v) is 17.4. The first-order chi connectivity index (χ1) is 42.8. The van der Waals surface area contributed by atoms with Gasteiger partial charge < -0.3 is 9.47 Å². The van der Waals surface area contributed by atoms with Gasteiger partial charge in [0.1, 0.15) is 0 Å². The summed E-state index contributed by atoms with van der Waals surface area (Å²) >= 11 is 0.416. The van der Waals surface area contributed by atoms with E-state index in [1.54, 1.807) is 0 Å². The van der Waals surface area contributed by atoms with Crippen LogP contribution >= 0.6 is 11.3 Å². The molecule has 0 atom stereocenters. The van der Waals surface area contributed by atoms with Gasteiger partial charge in [-0.2, -0.15) is 0 Å². The standard InChI is InChI=1S/C54H36N2S/c1-4-16-37(17-5-1)40-30-33-52(47(34-40)38-18-6-2-7-19-38)55(41-20-8-3-9-21-41)43-35-48(54-49(36-43)46-24-12-15-27-53(46)57-54)39-28-31-42(32-29-39)56-50-25-13-10-22-44(50)45-23-11-14-26-51(45)56/h1-36H/i1D,2D,4D,5D,6D,7D,8D,9D,10D,11D,12D,13D,14D,15D,16D,17D,18D,19D,20D,21D,22D,23D,24D,25D,26D,27D,28D,29D,30D,31D,32D,33D,34D,35D,36D. The minimum Gasteiger partial charge on any atom is -0.310 e. The van der Waals surface area contributed by atoms with Crippen LogP contribution in [0.25, 0.3) is 81.0 Å². The molecule has 11 aromatic rings. The van der Waals surface area contributed by atoms with Crippen molar-refractivity contribution in [2.75, 3.05) is 4.90 Å². The monoisotopic (exact) mass is 779 g/mol. The van der Waals surface area contributed by atoms with Crippen LogP contribution in [-0.2, 0) is 0 Å². The molecule has 9 aromatic carbocycles. The summed E-state index contributed by atoms with van der Waals surface area (Å²) in [5.41, 5.74) is -11.9. The SMILES string of the molecule is [2H]c1cc([2H])c([2H])c(N(c2c([2H])c([2H])c(-c3c([2H])c([2H])c([2H])c([2H])c3[2H])c([2H])c2-c2c([2H])c([2H])c([2H])c([2H])c2[2H])c2c([2H])c(-c3c([2H])c([2H])c(-n4c5c([2H])c([2H])c([2H])c([2H])c5c5c([2H])c([2H])c([2H])c([2H])c54)c([2H])c3[2H])c3sc4c([2H])c([2H])c([2H])c([2H])c4c3c2[2H])c1[2H]. The second-order valence-electron chi connectivity index (χ2n) is 11.8. The Morgan fingerprint density at radius 1 is 0.404 bits per heavy atom. The Kier molecular flexibility index (Phi) is 3.20. The molecule has 0 aliphatic rings. The van der Waals surface area contributed by atoms with Gasteiger partial charge >= 0.3 is 0 Å². The summed E-state index contributed by atoms with van der Waals surface area (Å²) in [6.45, 7) is 0. The van der Waals surface area contributed by atoms with Gasteiger partial charge in [-0.25, -0.2) is 0 Å². The molecule has 0 bridgehead atoms. The smallest absolute Gasteiger partial charge is 0.0652 e. The maximum atomic E-state index is 10.5. The Morgan fingerprint density at radius 2 is 0.982 bits per heavy atom. The summed E-state index contributed by atoms with van der Waals surface area (Å²) in [4.78, 5) is 0.368. The number of benzene rings is 9. The van der Waals surface area contributed by atoms with Crippen molar-refractivity contribution in [3.63, 3.8) is 0 Å². The third kappa shape index (κ3) is 5.71. The van der Waals surface area contributed by atoms with Gasteiger partial charge in [-0.15, -0.1) is 11.3 Å². The maximum Gasteiger partial charge on any atom is 0.0652 e. The fourth-order valence-electron chi connectivity index (χ4n) is 6.26. The number of rotatable bonds is 7. The zero-order chi connectivity index (χ0) is 68.2. The summed E-state index contributed by atoms with van der Waals surface area (Å²) < 4.78 is 321. The predicted molar refractivity (Wildman–Crippen MR) is 245 cm³/mol. The lowest BCUT2D eigenvalue weighted by Gasteiger charge is -2.29. The Labute approximate surface area is 384 Å². The first kappa shape index (κ1) is 13.2. The number of thiophene rings is 1. The number of anilines is 3. The summed E-state index contributed by atoms with van der Waals surface area (Å²) in [5.74, 6) is 0. The van der Waals surface area contributed by atoms with Crippen molar-refractivity contribution in [3.05, 3.63) is 218 Å². The predicted octanol–water partition coefficient (Wildman–Crippen LogP) is 15.6. The fraction of sp³-hybridized carbons (Fsp3) is 0. The van der Waals surface area contributed by atoms with Gasteiger partial charge in [0.25, 0.3) is 0 Å². The van der Waals surface area contributed by atoms with Crippen LogP contribution in [0.15, 0.2) is 218 Å². The van der Waals surface area contributed by atoms with Crippen molar-refractivity contribution in [2.24, 2.45) is 0 Å². The van der Waals surface area contributed by atoms with Crippen LogP contribution in [0, 0.1) is 0 Å². The summed E-state index contributed by atoms with van der Waals surface area (Å²) in [6.07, 6.45) is 0. The zero-order valence-corrected chi connectivity index (χ0v) is 29.2. The molecule has 2 heterocycles. The summed E-state index contributed by atoms with van der Waals surface area (Å²) in [7, 11) is 0. The first-order valence-electron chi connectivity index (χ1n) is 34.1. The second-order valence-corrected chi connectivity index (χ2v) is 12.9. The van der Waals surface area contributed by atoms with Crippen LogP contribution in [0.2, 0.25) is 0 Å². The second kappa shape index (κ2) is 13.8. The van der Waals surface area contributed by atoms with E-state index in [9.17, 15) is 19.2 Å². The highest BCUT2D eigenvalue weighted by Crippen LogP contribution is 2.48. The lowest BCUT2D eigenvalue weighted by Crippen LogP contribution is -2.11. The number of hydrogen-bond acceptors (Lipinski definition) is 2. The van der Waals surface area contributed by atoms with Crippen molar-refractivity contribution in [1.82, 2.24) is 4.57 Å². The molecule has 0 saturated carbocycles. The van der Waals surface area contributed by atoms with Crippen LogP contribution in [-0.4, -0.2) is 4.57 Å². The molecule has 0 unspecified atom stereocenters. The van der Waals surface area contributed by atoms with Crippen molar-refractivity contribution < 1.29 is 48.0 Å². The number of nitrogens with zero attached hydrogens (tertiary/aromatic N) is 2. The van der Waals surface area contributed by atoms with Gasteiger partial charge in [0, 0.05) is 59.1 Å². The lowest BCUT2D eigenvalue weighted by atomic mass is 9.95. The highest BCUT2D eigenvalue weighted by molar-refractivity contribution is 7.26. The number of fused-ring (bicyclic) bond motifs is 6. The molecule has 268 valence electrons. The van der Waals surface area contributed by atoms with E-state index < -0.39 is 310 Å². The number of aromatic nitrogens is 1. The quantitative estimate of drug-likeness (QED) is 0.156. The summed E-state index contributed by atoms with van der Waals surface area (Å²) in [6, 6.07) is -36.0.